The van der Waals surface area contributed by atoms with Gasteiger partial charge in [-0.1, -0.05) is 19.3 Å². The van der Waals surface area contributed by atoms with Crippen molar-refractivity contribution in [3.8, 4) is 0 Å². The van der Waals surface area contributed by atoms with Crippen LogP contribution in [0, 0.1) is 5.92 Å². The molecule has 0 radical (unpaired) electrons. The summed E-state index contributed by atoms with van der Waals surface area (Å²) in [5, 5.41) is 2.76. The van der Waals surface area contributed by atoms with Crippen LogP contribution in [0.5, 0.6) is 0 Å². The van der Waals surface area contributed by atoms with Crippen LogP contribution in [0.2, 0.25) is 0 Å². The zero-order chi connectivity index (χ0) is 7.68. The summed E-state index contributed by atoms with van der Waals surface area (Å²) in [5.41, 5.74) is 0. The molecule has 1 N–H and O–H groups in total. The van der Waals surface area contributed by atoms with Crippen molar-refractivity contribution in [3.63, 3.8) is 0 Å². The van der Waals surface area contributed by atoms with Gasteiger partial charge in [0.1, 0.15) is 12.4 Å². The van der Waals surface area contributed by atoms with Gasteiger partial charge in [0.05, 0.1) is 0 Å². The number of hydrogen-bond donors (Lipinski definition) is 1. The number of carbonyl (C=O) groups is 1. The zero-order valence-corrected chi connectivity index (χ0v) is 6.47. The van der Waals surface area contributed by atoms with E-state index in [9.17, 15) is 4.79 Å². The fourth-order valence-corrected chi connectivity index (χ4v) is 1.49. The van der Waals surface area contributed by atoms with Crippen molar-refractivity contribution < 1.29 is 4.79 Å². The highest BCUT2D eigenvalue weighted by molar-refractivity contribution is 6.04. The number of hydrogen-bond acceptors (Lipinski definition) is 2. The normalized spacial score (nSPS) is 24.4. The molecule has 1 saturated carbocycles. The van der Waals surface area contributed by atoms with Crippen LogP contribution in [0.25, 0.3) is 0 Å². The maximum Gasteiger partial charge on any atom is 0.246 e. The lowest BCUT2D eigenvalue weighted by Crippen LogP contribution is -2.28. The predicted molar refractivity (Wildman–Crippen MR) is 42.4 cm³/mol. The highest BCUT2D eigenvalue weighted by Crippen LogP contribution is 2.29. The molecule has 1 amide bonds. The second kappa shape index (κ2) is 2.64. The molecule has 0 bridgehead atoms. The summed E-state index contributed by atoms with van der Waals surface area (Å²) >= 11 is 0. The Morgan fingerprint density at radius 2 is 2.36 bits per heavy atom. The van der Waals surface area contributed by atoms with E-state index in [0.717, 1.165) is 18.2 Å². The monoisotopic (exact) mass is 152 g/mol. The summed E-state index contributed by atoms with van der Waals surface area (Å²) in [6.07, 6.45) is 4.97. The molecule has 3 nitrogen and oxygen atoms in total. The second-order valence-electron chi connectivity index (χ2n) is 3.31. The van der Waals surface area contributed by atoms with Gasteiger partial charge in [0.25, 0.3) is 0 Å². The molecule has 3 heteroatoms. The van der Waals surface area contributed by atoms with E-state index in [-0.39, 0.29) is 5.91 Å². The first kappa shape index (κ1) is 6.83. The topological polar surface area (TPSA) is 41.5 Å². The lowest BCUT2D eigenvalue weighted by Gasteiger charge is -2.24. The molecule has 1 aliphatic heterocycles. The average Bonchev–Trinajstić information content (AvgIpc) is 2.27. The van der Waals surface area contributed by atoms with Crippen molar-refractivity contribution in [1.29, 1.82) is 0 Å². The minimum Gasteiger partial charge on any atom is -0.313 e. The van der Waals surface area contributed by atoms with Crippen LogP contribution in [0.15, 0.2) is 4.99 Å². The molecular weight excluding hydrogens is 140 g/mol. The number of nitrogens with one attached hydrogen (secondary N) is 1. The molecule has 11 heavy (non-hydrogen) atoms. The maximum atomic E-state index is 10.7. The van der Waals surface area contributed by atoms with Crippen molar-refractivity contribution in [1.82, 2.24) is 5.32 Å². The van der Waals surface area contributed by atoms with Crippen LogP contribution >= 0.6 is 0 Å². The smallest absolute Gasteiger partial charge is 0.246 e. The number of carbonyl (C=O) groups excluding carboxylic acids is 1. The first-order chi connectivity index (χ1) is 5.34. The third-order valence-electron chi connectivity index (χ3n) is 2.40. The van der Waals surface area contributed by atoms with Crippen molar-refractivity contribution in [2.24, 2.45) is 10.9 Å². The van der Waals surface area contributed by atoms with Gasteiger partial charge in [-0.2, -0.15) is 0 Å². The van der Waals surface area contributed by atoms with Gasteiger partial charge in [0, 0.05) is 6.42 Å². The molecule has 60 valence electrons. The Morgan fingerprint density at radius 1 is 1.55 bits per heavy atom. The molecule has 0 aromatic carbocycles. The van der Waals surface area contributed by atoms with Crippen molar-refractivity contribution >= 4 is 11.7 Å². The van der Waals surface area contributed by atoms with E-state index in [1.54, 1.807) is 0 Å². The Kier molecular flexibility index (Phi) is 1.64. The van der Waals surface area contributed by atoms with Gasteiger partial charge in [0.15, 0.2) is 0 Å². The van der Waals surface area contributed by atoms with Crippen molar-refractivity contribution in [2.75, 3.05) is 6.54 Å². The van der Waals surface area contributed by atoms with E-state index in [1.807, 2.05) is 0 Å². The summed E-state index contributed by atoms with van der Waals surface area (Å²) in [5.74, 6) is 1.77. The highest BCUT2D eigenvalue weighted by atomic mass is 16.2. The Morgan fingerprint density at radius 3 is 2.82 bits per heavy atom. The standard InChI is InChI=1S/C8H12N2O/c11-8-5-9-7(10-8)4-6-2-1-3-6/h6H,1-5H2,(H,9,10,11). The molecule has 0 aromatic rings. The number of amides is 1. The summed E-state index contributed by atoms with van der Waals surface area (Å²) < 4.78 is 0. The molecule has 0 spiro atoms. The molecule has 0 saturated heterocycles. The van der Waals surface area contributed by atoms with Gasteiger partial charge in [-0.15, -0.1) is 0 Å². The lowest BCUT2D eigenvalue weighted by molar-refractivity contribution is -0.117. The van der Waals surface area contributed by atoms with Crippen LogP contribution in [-0.4, -0.2) is 18.3 Å². The van der Waals surface area contributed by atoms with Gasteiger partial charge in [0.2, 0.25) is 5.91 Å². The Labute approximate surface area is 65.9 Å². The molecule has 0 atom stereocenters. The van der Waals surface area contributed by atoms with Gasteiger partial charge in [-0.05, 0) is 5.92 Å². The summed E-state index contributed by atoms with van der Waals surface area (Å²) in [4.78, 5) is 14.8. The summed E-state index contributed by atoms with van der Waals surface area (Å²) in [6.45, 7) is 0.349. The Balaban J connectivity index is 1.82. The van der Waals surface area contributed by atoms with E-state index < -0.39 is 0 Å². The number of amidine groups is 1. The SMILES string of the molecule is O=C1CN=C(CC2CCC2)N1. The largest absolute Gasteiger partial charge is 0.313 e. The fourth-order valence-electron chi connectivity index (χ4n) is 1.49. The van der Waals surface area contributed by atoms with Crippen LogP contribution in [-0.2, 0) is 4.79 Å². The first-order valence-corrected chi connectivity index (χ1v) is 4.18. The molecule has 2 aliphatic rings. The van der Waals surface area contributed by atoms with E-state index >= 15 is 0 Å². The number of rotatable bonds is 2. The minimum atomic E-state index is 0.0549. The lowest BCUT2D eigenvalue weighted by atomic mass is 9.83. The molecule has 2 rings (SSSR count). The quantitative estimate of drug-likeness (QED) is 0.622. The fraction of sp³-hybridized carbons (Fsp3) is 0.750. The molecule has 0 aromatic heterocycles. The van der Waals surface area contributed by atoms with Crippen LogP contribution in [0.4, 0.5) is 0 Å². The van der Waals surface area contributed by atoms with Crippen molar-refractivity contribution in [2.45, 2.75) is 25.7 Å². The van der Waals surface area contributed by atoms with E-state index in [1.165, 1.54) is 19.3 Å². The third-order valence-corrected chi connectivity index (χ3v) is 2.40. The predicted octanol–water partition coefficient (Wildman–Crippen LogP) is 0.705. The average molecular weight is 152 g/mol. The Hall–Kier alpha value is -0.860. The van der Waals surface area contributed by atoms with Gasteiger partial charge in [-0.25, -0.2) is 0 Å². The van der Waals surface area contributed by atoms with Crippen molar-refractivity contribution in [3.05, 3.63) is 0 Å². The molecule has 1 heterocycles. The number of nitrogens with zero attached hydrogens (tertiary/aromatic N) is 1. The van der Waals surface area contributed by atoms with E-state index in [2.05, 4.69) is 10.3 Å². The maximum absolute atomic E-state index is 10.7. The van der Waals surface area contributed by atoms with Crippen LogP contribution in [0.3, 0.4) is 0 Å². The summed E-state index contributed by atoms with van der Waals surface area (Å²) in [6, 6.07) is 0. The second-order valence-corrected chi connectivity index (χ2v) is 3.31. The first-order valence-electron chi connectivity index (χ1n) is 4.18. The summed E-state index contributed by atoms with van der Waals surface area (Å²) in [7, 11) is 0. The highest BCUT2D eigenvalue weighted by Gasteiger charge is 2.22. The minimum absolute atomic E-state index is 0.0549. The third kappa shape index (κ3) is 1.42. The Bertz CT molecular complexity index is 206. The molecular formula is C8H12N2O. The molecule has 1 aliphatic carbocycles. The van der Waals surface area contributed by atoms with Crippen LogP contribution in [0.1, 0.15) is 25.7 Å². The zero-order valence-electron chi connectivity index (χ0n) is 6.47. The molecule has 1 fully saturated rings. The van der Waals surface area contributed by atoms with Gasteiger partial charge >= 0.3 is 0 Å². The van der Waals surface area contributed by atoms with E-state index in [4.69, 9.17) is 0 Å². The van der Waals surface area contributed by atoms with E-state index in [0.29, 0.717) is 6.54 Å². The molecule has 0 unspecified atom stereocenters. The van der Waals surface area contributed by atoms with Gasteiger partial charge < -0.3 is 5.32 Å². The number of aliphatic imine (C=N–C) groups is 1. The van der Waals surface area contributed by atoms with Crippen LogP contribution < -0.4 is 5.32 Å². The van der Waals surface area contributed by atoms with Gasteiger partial charge in [-0.3, -0.25) is 9.79 Å².